The minimum Gasteiger partial charge on any atom is -0.459 e. The van der Waals surface area contributed by atoms with Crippen molar-refractivity contribution in [3.63, 3.8) is 0 Å². The van der Waals surface area contributed by atoms with Gasteiger partial charge in [-0.15, -0.1) is 0 Å². The van der Waals surface area contributed by atoms with Crippen LogP contribution in [0.3, 0.4) is 0 Å². The van der Waals surface area contributed by atoms with Gasteiger partial charge in [0.15, 0.2) is 0 Å². The highest BCUT2D eigenvalue weighted by atomic mass is 16.6. The van der Waals surface area contributed by atoms with Crippen LogP contribution in [0.4, 0.5) is 0 Å². The Bertz CT molecular complexity index is 463. The fraction of sp³-hybridized carbons (Fsp3) is 0.286. The van der Waals surface area contributed by atoms with Crippen LogP contribution in [-0.2, 0) is 14.3 Å². The van der Waals surface area contributed by atoms with E-state index >= 15 is 0 Å². The molecule has 0 aliphatic rings. The quantitative estimate of drug-likeness (QED) is 0.455. The molecule has 0 heterocycles. The maximum atomic E-state index is 11.7. The van der Waals surface area contributed by atoms with Crippen molar-refractivity contribution in [1.82, 2.24) is 0 Å². The molecule has 4 heteroatoms. The van der Waals surface area contributed by atoms with Gasteiger partial charge in [0, 0.05) is 5.57 Å². The second-order valence-corrected chi connectivity index (χ2v) is 3.87. The third-order valence-electron chi connectivity index (χ3n) is 2.26. The predicted octanol–water partition coefficient (Wildman–Crippen LogP) is 2.27. The van der Waals surface area contributed by atoms with Crippen LogP contribution in [0.25, 0.3) is 0 Å². The van der Waals surface area contributed by atoms with Gasteiger partial charge in [-0.3, -0.25) is 0 Å². The number of esters is 2. The highest BCUT2D eigenvalue weighted by Gasteiger charge is 2.10. The maximum absolute atomic E-state index is 11.7. The first-order valence-corrected chi connectivity index (χ1v) is 5.57. The van der Waals surface area contributed by atoms with Gasteiger partial charge in [0.05, 0.1) is 5.56 Å². The van der Waals surface area contributed by atoms with Gasteiger partial charge in [-0.05, 0) is 25.5 Å². The Hall–Kier alpha value is -2.10. The molecular weight excluding hydrogens is 232 g/mol. The van der Waals surface area contributed by atoms with Crippen molar-refractivity contribution in [2.24, 2.45) is 0 Å². The molecule has 0 aliphatic carbocycles. The van der Waals surface area contributed by atoms with Crippen LogP contribution < -0.4 is 0 Å². The number of aryl methyl sites for hydroxylation is 1. The second kappa shape index (κ2) is 6.59. The minimum absolute atomic E-state index is 0.0311. The first kappa shape index (κ1) is 14.0. The van der Waals surface area contributed by atoms with Crippen LogP contribution in [0.5, 0.6) is 0 Å². The molecule has 0 amide bonds. The molecule has 4 nitrogen and oxygen atoms in total. The first-order chi connectivity index (χ1) is 8.52. The van der Waals surface area contributed by atoms with Crippen LogP contribution >= 0.6 is 0 Å². The van der Waals surface area contributed by atoms with Crippen molar-refractivity contribution < 1.29 is 19.1 Å². The molecule has 1 rings (SSSR count). The second-order valence-electron chi connectivity index (χ2n) is 3.87. The summed E-state index contributed by atoms with van der Waals surface area (Å²) in [6.45, 7) is 6.90. The summed E-state index contributed by atoms with van der Waals surface area (Å²) in [4.78, 5) is 22.7. The lowest BCUT2D eigenvalue weighted by molar-refractivity contribution is -0.140. The average molecular weight is 248 g/mol. The van der Waals surface area contributed by atoms with Crippen molar-refractivity contribution >= 4 is 11.9 Å². The van der Waals surface area contributed by atoms with Gasteiger partial charge in [0.2, 0.25) is 0 Å². The van der Waals surface area contributed by atoms with Gasteiger partial charge in [0.25, 0.3) is 0 Å². The van der Waals surface area contributed by atoms with Gasteiger partial charge in [-0.25, -0.2) is 9.59 Å². The van der Waals surface area contributed by atoms with Crippen molar-refractivity contribution in [2.45, 2.75) is 13.8 Å². The Balaban J connectivity index is 2.37. The number of rotatable bonds is 5. The molecule has 0 saturated heterocycles. The monoisotopic (exact) mass is 248 g/mol. The zero-order valence-electron chi connectivity index (χ0n) is 10.6. The molecule has 0 unspecified atom stereocenters. The zero-order chi connectivity index (χ0) is 13.5. The summed E-state index contributed by atoms with van der Waals surface area (Å²) < 4.78 is 9.80. The SMILES string of the molecule is C=C(C)C(=O)OCCOC(=O)c1ccccc1C. The molecule has 18 heavy (non-hydrogen) atoms. The fourth-order valence-electron chi connectivity index (χ4n) is 1.27. The van der Waals surface area contributed by atoms with E-state index < -0.39 is 11.9 Å². The summed E-state index contributed by atoms with van der Waals surface area (Å²) in [7, 11) is 0. The predicted molar refractivity (Wildman–Crippen MR) is 67.2 cm³/mol. The zero-order valence-corrected chi connectivity index (χ0v) is 10.6. The summed E-state index contributed by atoms with van der Waals surface area (Å²) in [5.41, 5.74) is 1.69. The molecule has 0 fully saturated rings. The molecule has 0 aliphatic heterocycles. The number of benzene rings is 1. The minimum atomic E-state index is -0.484. The Labute approximate surface area is 106 Å². The number of ether oxygens (including phenoxy) is 2. The molecule has 0 spiro atoms. The van der Waals surface area contributed by atoms with E-state index in [2.05, 4.69) is 6.58 Å². The van der Waals surface area contributed by atoms with Crippen LogP contribution in [0.15, 0.2) is 36.4 Å². The summed E-state index contributed by atoms with van der Waals surface area (Å²) in [6, 6.07) is 7.14. The van der Waals surface area contributed by atoms with E-state index in [1.54, 1.807) is 19.1 Å². The fourth-order valence-corrected chi connectivity index (χ4v) is 1.27. The van der Waals surface area contributed by atoms with Crippen molar-refractivity contribution in [3.05, 3.63) is 47.5 Å². The van der Waals surface area contributed by atoms with E-state index in [9.17, 15) is 9.59 Å². The lowest BCUT2D eigenvalue weighted by Crippen LogP contribution is -2.14. The third kappa shape index (κ3) is 4.05. The van der Waals surface area contributed by atoms with Gasteiger partial charge in [0.1, 0.15) is 13.2 Å². The van der Waals surface area contributed by atoms with E-state index in [0.717, 1.165) is 5.56 Å². The van der Waals surface area contributed by atoms with E-state index in [0.29, 0.717) is 11.1 Å². The van der Waals surface area contributed by atoms with Crippen LogP contribution in [0.2, 0.25) is 0 Å². The molecule has 0 saturated carbocycles. The van der Waals surface area contributed by atoms with E-state index in [4.69, 9.17) is 9.47 Å². The van der Waals surface area contributed by atoms with Crippen LogP contribution in [0.1, 0.15) is 22.8 Å². The maximum Gasteiger partial charge on any atom is 0.338 e. The summed E-state index contributed by atoms with van der Waals surface area (Å²) in [5.74, 6) is -0.901. The molecule has 0 bridgehead atoms. The van der Waals surface area contributed by atoms with E-state index in [-0.39, 0.29) is 13.2 Å². The van der Waals surface area contributed by atoms with Gasteiger partial charge in [-0.2, -0.15) is 0 Å². The Morgan fingerprint density at radius 2 is 1.78 bits per heavy atom. The molecule has 1 aromatic rings. The number of hydrogen-bond acceptors (Lipinski definition) is 4. The van der Waals surface area contributed by atoms with Crippen LogP contribution in [-0.4, -0.2) is 25.2 Å². The Kier molecular flexibility index (Phi) is 5.11. The summed E-state index contributed by atoms with van der Waals surface area (Å²) in [6.07, 6.45) is 0. The highest BCUT2D eigenvalue weighted by molar-refractivity contribution is 5.91. The Morgan fingerprint density at radius 1 is 1.17 bits per heavy atom. The largest absolute Gasteiger partial charge is 0.459 e. The normalized spacial score (nSPS) is 9.67. The van der Waals surface area contributed by atoms with E-state index in [1.807, 2.05) is 19.1 Å². The van der Waals surface area contributed by atoms with Crippen molar-refractivity contribution in [1.29, 1.82) is 0 Å². The summed E-state index contributed by atoms with van der Waals surface area (Å²) >= 11 is 0. The van der Waals surface area contributed by atoms with Gasteiger partial charge < -0.3 is 9.47 Å². The summed E-state index contributed by atoms with van der Waals surface area (Å²) in [5, 5.41) is 0. The molecule has 0 atom stereocenters. The number of hydrogen-bond donors (Lipinski definition) is 0. The Morgan fingerprint density at radius 3 is 2.39 bits per heavy atom. The van der Waals surface area contributed by atoms with Gasteiger partial charge in [-0.1, -0.05) is 24.8 Å². The molecule has 1 aromatic carbocycles. The lowest BCUT2D eigenvalue weighted by atomic mass is 10.1. The van der Waals surface area contributed by atoms with Crippen LogP contribution in [0, 0.1) is 6.92 Å². The number of carbonyl (C=O) groups excluding carboxylic acids is 2. The van der Waals surface area contributed by atoms with Gasteiger partial charge >= 0.3 is 11.9 Å². The lowest BCUT2D eigenvalue weighted by Gasteiger charge is -2.07. The molecule has 0 radical (unpaired) electrons. The highest BCUT2D eigenvalue weighted by Crippen LogP contribution is 2.08. The van der Waals surface area contributed by atoms with Crippen molar-refractivity contribution in [3.8, 4) is 0 Å². The standard InChI is InChI=1S/C14H16O4/c1-10(2)13(15)17-8-9-18-14(16)12-7-5-4-6-11(12)3/h4-7H,1,8-9H2,2-3H3. The molecule has 96 valence electrons. The van der Waals surface area contributed by atoms with Crippen molar-refractivity contribution in [2.75, 3.05) is 13.2 Å². The molecule has 0 N–H and O–H groups in total. The molecular formula is C14H16O4. The average Bonchev–Trinajstić information content (AvgIpc) is 2.34. The van der Waals surface area contributed by atoms with E-state index in [1.165, 1.54) is 0 Å². The third-order valence-corrected chi connectivity index (χ3v) is 2.26. The first-order valence-electron chi connectivity index (χ1n) is 5.57. The smallest absolute Gasteiger partial charge is 0.338 e. The number of carbonyl (C=O) groups is 2. The topological polar surface area (TPSA) is 52.6 Å². The molecule has 0 aromatic heterocycles.